The number of rotatable bonds is 1. The first-order valence-corrected chi connectivity index (χ1v) is 7.76. The van der Waals surface area contributed by atoms with Crippen LogP contribution < -0.4 is 4.90 Å². The highest BCUT2D eigenvalue weighted by molar-refractivity contribution is 6.23. The van der Waals surface area contributed by atoms with E-state index in [0.717, 1.165) is 11.3 Å². The molecule has 0 aromatic heterocycles. The van der Waals surface area contributed by atoms with Crippen LogP contribution in [0.3, 0.4) is 0 Å². The molecule has 5 rings (SSSR count). The molecule has 4 aliphatic rings. The van der Waals surface area contributed by atoms with Crippen molar-refractivity contribution in [1.29, 1.82) is 0 Å². The van der Waals surface area contributed by atoms with Crippen molar-refractivity contribution in [3.05, 3.63) is 42.0 Å². The highest BCUT2D eigenvalue weighted by Gasteiger charge is 2.73. The van der Waals surface area contributed by atoms with Gasteiger partial charge in [-0.1, -0.05) is 29.8 Å². The second kappa shape index (κ2) is 3.46. The molecule has 0 unspecified atom stereocenters. The molecule has 1 spiro atoms. The molecule has 1 saturated heterocycles. The minimum absolute atomic E-state index is 0.0250. The molecule has 3 aliphatic carbocycles. The Morgan fingerprint density at radius 3 is 1.95 bits per heavy atom. The molecule has 0 N–H and O–H groups in total. The number of carbonyl (C=O) groups is 2. The van der Waals surface area contributed by atoms with Crippen LogP contribution in [0, 0.1) is 36.0 Å². The van der Waals surface area contributed by atoms with E-state index >= 15 is 0 Å². The molecule has 3 fully saturated rings. The summed E-state index contributed by atoms with van der Waals surface area (Å²) < 4.78 is 0. The standard InChI is InChI=1S/C18H17NO2/c1-10-2-4-11(5-3-10)19-16(20)14-12-6-7-13(15(14)17(19)21)18(12)8-9-18/h2-7,12-15H,8-9H2,1H3/t12-,13-,14-,15+/m1/s1. The molecule has 3 heteroatoms. The van der Waals surface area contributed by atoms with Crippen LogP contribution >= 0.6 is 0 Å². The molecule has 21 heavy (non-hydrogen) atoms. The summed E-state index contributed by atoms with van der Waals surface area (Å²) in [4.78, 5) is 27.2. The van der Waals surface area contributed by atoms with Gasteiger partial charge in [-0.2, -0.15) is 0 Å². The van der Waals surface area contributed by atoms with Gasteiger partial charge in [-0.05, 0) is 49.1 Å². The van der Waals surface area contributed by atoms with Crippen molar-refractivity contribution >= 4 is 17.5 Å². The number of anilines is 1. The first kappa shape index (κ1) is 11.7. The number of imide groups is 1. The Balaban J connectivity index is 1.57. The van der Waals surface area contributed by atoms with Crippen molar-refractivity contribution < 1.29 is 9.59 Å². The first-order valence-electron chi connectivity index (χ1n) is 7.76. The van der Waals surface area contributed by atoms with E-state index in [2.05, 4.69) is 12.2 Å². The highest BCUT2D eigenvalue weighted by atomic mass is 16.2. The third kappa shape index (κ3) is 1.22. The fraction of sp³-hybridized carbons (Fsp3) is 0.444. The second-order valence-electron chi connectivity index (χ2n) is 7.07. The number of carbonyl (C=O) groups excluding carboxylic acids is 2. The zero-order valence-electron chi connectivity index (χ0n) is 12.0. The Morgan fingerprint density at radius 1 is 0.952 bits per heavy atom. The zero-order chi connectivity index (χ0) is 14.4. The number of hydrogen-bond acceptors (Lipinski definition) is 2. The lowest BCUT2D eigenvalue weighted by Gasteiger charge is -2.21. The molecule has 106 valence electrons. The number of amides is 2. The Kier molecular flexibility index (Phi) is 1.93. The van der Waals surface area contributed by atoms with Crippen LogP contribution in [0.4, 0.5) is 5.69 Å². The quantitative estimate of drug-likeness (QED) is 0.585. The van der Waals surface area contributed by atoms with E-state index in [1.54, 1.807) is 0 Å². The molecule has 1 aliphatic heterocycles. The molecule has 4 atom stereocenters. The maximum Gasteiger partial charge on any atom is 0.238 e. The van der Waals surface area contributed by atoms with Crippen molar-refractivity contribution in [3.8, 4) is 0 Å². The Hall–Kier alpha value is -1.90. The van der Waals surface area contributed by atoms with E-state index in [1.165, 1.54) is 17.7 Å². The van der Waals surface area contributed by atoms with E-state index in [9.17, 15) is 9.59 Å². The van der Waals surface area contributed by atoms with Gasteiger partial charge < -0.3 is 0 Å². The minimum atomic E-state index is -0.101. The molecule has 1 heterocycles. The van der Waals surface area contributed by atoms with Gasteiger partial charge in [-0.3, -0.25) is 14.5 Å². The van der Waals surface area contributed by atoms with Crippen molar-refractivity contribution in [2.45, 2.75) is 19.8 Å². The van der Waals surface area contributed by atoms with Gasteiger partial charge in [0, 0.05) is 0 Å². The van der Waals surface area contributed by atoms with Crippen LogP contribution in [0.1, 0.15) is 18.4 Å². The molecule has 1 aromatic rings. The molecular weight excluding hydrogens is 262 g/mol. The minimum Gasteiger partial charge on any atom is -0.274 e. The predicted molar refractivity (Wildman–Crippen MR) is 78.4 cm³/mol. The molecule has 3 nitrogen and oxygen atoms in total. The first-order chi connectivity index (χ1) is 10.1. The number of aryl methyl sites for hydroxylation is 1. The number of nitrogens with zero attached hydrogens (tertiary/aromatic N) is 1. The van der Waals surface area contributed by atoms with Crippen LogP contribution in [0.15, 0.2) is 36.4 Å². The number of fused-ring (bicyclic) bond motifs is 3. The molecule has 1 aromatic carbocycles. The van der Waals surface area contributed by atoms with Crippen LogP contribution in [-0.4, -0.2) is 11.8 Å². The summed E-state index contributed by atoms with van der Waals surface area (Å²) in [6.07, 6.45) is 6.80. The summed E-state index contributed by atoms with van der Waals surface area (Å²) in [7, 11) is 0. The summed E-state index contributed by atoms with van der Waals surface area (Å²) in [6, 6.07) is 7.68. The Morgan fingerprint density at radius 2 is 1.48 bits per heavy atom. The van der Waals surface area contributed by atoms with Crippen LogP contribution in [0.5, 0.6) is 0 Å². The molecule has 2 amide bonds. The zero-order valence-corrected chi connectivity index (χ0v) is 12.0. The second-order valence-corrected chi connectivity index (χ2v) is 7.07. The fourth-order valence-electron chi connectivity index (χ4n) is 5.03. The van der Waals surface area contributed by atoms with Gasteiger partial charge in [-0.15, -0.1) is 0 Å². The lowest BCUT2D eigenvalue weighted by Crippen LogP contribution is -2.34. The summed E-state index contributed by atoms with van der Waals surface area (Å²) in [5.74, 6) is 0.459. The average molecular weight is 279 g/mol. The van der Waals surface area contributed by atoms with Crippen molar-refractivity contribution in [2.75, 3.05) is 4.90 Å². The SMILES string of the molecule is Cc1ccc(N2C(=O)[C@@H]3[C@H](C2=O)[C@H]2C=C[C@H]3C23CC3)cc1. The van der Waals surface area contributed by atoms with E-state index in [1.807, 2.05) is 31.2 Å². The Labute approximate surface area is 123 Å². The molecule has 2 bridgehead atoms. The molecule has 0 radical (unpaired) electrons. The van der Waals surface area contributed by atoms with Crippen LogP contribution in [0.2, 0.25) is 0 Å². The van der Waals surface area contributed by atoms with Gasteiger partial charge in [-0.25, -0.2) is 0 Å². The third-order valence-electron chi connectivity index (χ3n) is 6.14. The van der Waals surface area contributed by atoms with Gasteiger partial charge in [0.25, 0.3) is 0 Å². The molecular formula is C18H17NO2. The Bertz CT molecular complexity index is 664. The van der Waals surface area contributed by atoms with Gasteiger partial charge >= 0.3 is 0 Å². The largest absolute Gasteiger partial charge is 0.274 e. The summed E-state index contributed by atoms with van der Waals surface area (Å²) in [6.45, 7) is 2.01. The average Bonchev–Trinajstić information content (AvgIpc) is 3.07. The normalized spacial score (nSPS) is 37.7. The van der Waals surface area contributed by atoms with E-state index < -0.39 is 0 Å². The lowest BCUT2D eigenvalue weighted by molar-refractivity contribution is -0.123. The van der Waals surface area contributed by atoms with E-state index in [0.29, 0.717) is 11.8 Å². The van der Waals surface area contributed by atoms with Gasteiger partial charge in [0.2, 0.25) is 11.8 Å². The van der Waals surface area contributed by atoms with Crippen molar-refractivity contribution in [3.63, 3.8) is 0 Å². The third-order valence-corrected chi connectivity index (χ3v) is 6.14. The maximum absolute atomic E-state index is 12.9. The van der Waals surface area contributed by atoms with Gasteiger partial charge in [0.05, 0.1) is 17.5 Å². The maximum atomic E-state index is 12.9. The monoisotopic (exact) mass is 279 g/mol. The number of benzene rings is 1. The highest BCUT2D eigenvalue weighted by Crippen LogP contribution is 2.73. The number of hydrogen-bond donors (Lipinski definition) is 0. The van der Waals surface area contributed by atoms with Crippen molar-refractivity contribution in [2.24, 2.45) is 29.1 Å². The summed E-state index contributed by atoms with van der Waals surface area (Å²) >= 11 is 0. The van der Waals surface area contributed by atoms with Crippen molar-refractivity contribution in [1.82, 2.24) is 0 Å². The van der Waals surface area contributed by atoms with Gasteiger partial charge in [0.1, 0.15) is 0 Å². The number of allylic oxidation sites excluding steroid dienone is 2. The van der Waals surface area contributed by atoms with Crippen LogP contribution in [0.25, 0.3) is 0 Å². The topological polar surface area (TPSA) is 37.4 Å². The smallest absolute Gasteiger partial charge is 0.238 e. The van der Waals surface area contributed by atoms with E-state index in [4.69, 9.17) is 0 Å². The van der Waals surface area contributed by atoms with Gasteiger partial charge in [0.15, 0.2) is 0 Å². The predicted octanol–water partition coefficient (Wildman–Crippen LogP) is 2.70. The molecule has 2 saturated carbocycles. The summed E-state index contributed by atoms with van der Waals surface area (Å²) in [5, 5.41) is 0. The lowest BCUT2D eigenvalue weighted by atomic mass is 9.85. The van der Waals surface area contributed by atoms with E-state index in [-0.39, 0.29) is 29.1 Å². The fourth-order valence-corrected chi connectivity index (χ4v) is 5.03. The summed E-state index contributed by atoms with van der Waals surface area (Å²) in [5.41, 5.74) is 2.14. The van der Waals surface area contributed by atoms with Crippen LogP contribution in [-0.2, 0) is 9.59 Å².